The number of halogens is 3. The van der Waals surface area contributed by atoms with Gasteiger partial charge in [-0.15, -0.1) is 0 Å². The minimum absolute atomic E-state index is 0.0681. The van der Waals surface area contributed by atoms with Crippen molar-refractivity contribution < 1.29 is 27.9 Å². The van der Waals surface area contributed by atoms with Crippen molar-refractivity contribution in [2.45, 2.75) is 44.9 Å². The molecular formula is C11H16F3N3O3. The summed E-state index contributed by atoms with van der Waals surface area (Å²) in [4.78, 5) is 23.6. The molecule has 0 aromatic carbocycles. The number of carbonyl (C=O) groups is 2. The molecule has 0 saturated heterocycles. The summed E-state index contributed by atoms with van der Waals surface area (Å²) < 4.78 is 38.3. The molecule has 20 heavy (non-hydrogen) atoms. The Morgan fingerprint density at radius 2 is 1.90 bits per heavy atom. The van der Waals surface area contributed by atoms with Crippen molar-refractivity contribution in [3.05, 3.63) is 0 Å². The molecule has 0 aliphatic rings. The molecule has 0 bridgehead atoms. The van der Waals surface area contributed by atoms with Gasteiger partial charge in [0.1, 0.15) is 0 Å². The molecule has 1 atom stereocenters. The molecule has 2 amide bonds. The minimum atomic E-state index is -5.15. The highest BCUT2D eigenvalue weighted by atomic mass is 19.4. The third-order valence-corrected chi connectivity index (χ3v) is 2.70. The van der Waals surface area contributed by atoms with Crippen molar-refractivity contribution in [1.82, 2.24) is 10.2 Å². The summed E-state index contributed by atoms with van der Waals surface area (Å²) in [7, 11) is 0. The number of urea groups is 1. The Morgan fingerprint density at radius 1 is 1.40 bits per heavy atom. The van der Waals surface area contributed by atoms with Crippen LogP contribution in [0.25, 0.3) is 0 Å². The fraction of sp³-hybridized carbons (Fsp3) is 0.727. The van der Waals surface area contributed by atoms with Gasteiger partial charge >= 0.3 is 18.2 Å². The first-order valence-electron chi connectivity index (χ1n) is 5.73. The van der Waals surface area contributed by atoms with E-state index < -0.39 is 29.8 Å². The van der Waals surface area contributed by atoms with Crippen LogP contribution in [-0.4, -0.2) is 46.3 Å². The van der Waals surface area contributed by atoms with E-state index in [0.29, 0.717) is 6.92 Å². The molecule has 0 aliphatic heterocycles. The lowest BCUT2D eigenvalue weighted by Crippen LogP contribution is -2.64. The molecule has 0 saturated carbocycles. The summed E-state index contributed by atoms with van der Waals surface area (Å²) in [5, 5.41) is 18.6. The van der Waals surface area contributed by atoms with Crippen LogP contribution in [-0.2, 0) is 4.79 Å². The van der Waals surface area contributed by atoms with Gasteiger partial charge in [-0.25, -0.2) is 9.59 Å². The lowest BCUT2D eigenvalue weighted by molar-refractivity contribution is -0.203. The van der Waals surface area contributed by atoms with Crippen molar-refractivity contribution in [3.63, 3.8) is 0 Å². The lowest BCUT2D eigenvalue weighted by Gasteiger charge is -2.33. The first-order valence-corrected chi connectivity index (χ1v) is 5.73. The van der Waals surface area contributed by atoms with E-state index in [0.717, 1.165) is 4.90 Å². The summed E-state index contributed by atoms with van der Waals surface area (Å²) in [5.41, 5.74) is -3.39. The van der Waals surface area contributed by atoms with E-state index in [9.17, 15) is 22.8 Å². The highest BCUT2D eigenvalue weighted by Crippen LogP contribution is 2.30. The Bertz CT molecular complexity index is 417. The van der Waals surface area contributed by atoms with E-state index in [2.05, 4.69) is 0 Å². The van der Waals surface area contributed by atoms with Crippen LogP contribution in [0.4, 0.5) is 18.0 Å². The number of carboxylic acid groups (broad SMARTS) is 1. The molecule has 2 N–H and O–H groups in total. The van der Waals surface area contributed by atoms with Crippen molar-refractivity contribution in [2.75, 3.05) is 6.54 Å². The van der Waals surface area contributed by atoms with E-state index in [4.69, 9.17) is 10.4 Å². The molecular weight excluding hydrogens is 279 g/mol. The Kier molecular flexibility index (Phi) is 5.81. The maximum absolute atomic E-state index is 12.8. The quantitative estimate of drug-likeness (QED) is 0.807. The normalized spacial score (nSPS) is 14.3. The van der Waals surface area contributed by atoms with E-state index in [1.54, 1.807) is 19.9 Å². The highest BCUT2D eigenvalue weighted by molar-refractivity contribution is 5.86. The molecule has 0 heterocycles. The van der Waals surface area contributed by atoms with Crippen molar-refractivity contribution >= 4 is 12.0 Å². The van der Waals surface area contributed by atoms with E-state index >= 15 is 0 Å². The van der Waals surface area contributed by atoms with Gasteiger partial charge in [0.2, 0.25) is 5.54 Å². The van der Waals surface area contributed by atoms with Gasteiger partial charge in [-0.2, -0.15) is 18.4 Å². The summed E-state index contributed by atoms with van der Waals surface area (Å²) in [6.07, 6.45) is -5.21. The number of carboxylic acids is 1. The average Bonchev–Trinajstić information content (AvgIpc) is 2.26. The Morgan fingerprint density at radius 3 is 2.20 bits per heavy atom. The molecule has 0 aromatic heterocycles. The number of nitriles is 1. The van der Waals surface area contributed by atoms with Gasteiger partial charge < -0.3 is 15.3 Å². The van der Waals surface area contributed by atoms with Gasteiger partial charge in [0.05, 0.1) is 12.5 Å². The van der Waals surface area contributed by atoms with Crippen LogP contribution in [0.3, 0.4) is 0 Å². The second kappa shape index (κ2) is 6.45. The number of rotatable bonds is 5. The molecule has 9 heteroatoms. The van der Waals surface area contributed by atoms with Crippen molar-refractivity contribution in [1.29, 1.82) is 5.26 Å². The second-order valence-electron chi connectivity index (χ2n) is 4.55. The summed E-state index contributed by atoms with van der Waals surface area (Å²) in [6.45, 7) is 3.37. The average molecular weight is 295 g/mol. The summed E-state index contributed by atoms with van der Waals surface area (Å²) >= 11 is 0. The van der Waals surface area contributed by atoms with E-state index in [-0.39, 0.29) is 13.0 Å². The molecule has 114 valence electrons. The van der Waals surface area contributed by atoms with Gasteiger partial charge in [-0.3, -0.25) is 0 Å². The second-order valence-corrected chi connectivity index (χ2v) is 4.55. The minimum Gasteiger partial charge on any atom is -0.479 e. The predicted octanol–water partition coefficient (Wildman–Crippen LogP) is 1.73. The van der Waals surface area contributed by atoms with Gasteiger partial charge in [-0.1, -0.05) is 0 Å². The van der Waals surface area contributed by atoms with E-state index in [1.165, 1.54) is 5.32 Å². The van der Waals surface area contributed by atoms with Crippen LogP contribution in [0.1, 0.15) is 27.2 Å². The number of carbonyl (C=O) groups excluding carboxylic acids is 1. The number of nitrogens with zero attached hydrogens (tertiary/aromatic N) is 2. The number of alkyl halides is 3. The number of hydrogen-bond donors (Lipinski definition) is 2. The maximum Gasteiger partial charge on any atom is 0.422 e. The van der Waals surface area contributed by atoms with Crippen LogP contribution in [0.2, 0.25) is 0 Å². The van der Waals surface area contributed by atoms with Crippen LogP contribution in [0, 0.1) is 11.3 Å². The Labute approximate surface area is 114 Å². The van der Waals surface area contributed by atoms with Crippen LogP contribution in [0.15, 0.2) is 0 Å². The number of amides is 2. The standard InChI is InChI=1S/C11H16F3N3O3/c1-7(2)17(6-4-5-15)9(20)16-10(3,8(18)19)11(12,13)14/h7H,4,6H2,1-3H3,(H,16,20)(H,18,19). The highest BCUT2D eigenvalue weighted by Gasteiger charge is 2.58. The molecule has 1 unspecified atom stereocenters. The zero-order valence-corrected chi connectivity index (χ0v) is 11.3. The van der Waals surface area contributed by atoms with Gasteiger partial charge in [0, 0.05) is 12.6 Å². The monoisotopic (exact) mass is 295 g/mol. The maximum atomic E-state index is 12.8. The third kappa shape index (κ3) is 4.01. The van der Waals surface area contributed by atoms with Gasteiger partial charge in [-0.05, 0) is 20.8 Å². The summed E-state index contributed by atoms with van der Waals surface area (Å²) in [5.74, 6) is -2.21. The molecule has 0 aromatic rings. The molecule has 0 aliphatic carbocycles. The van der Waals surface area contributed by atoms with Crippen LogP contribution >= 0.6 is 0 Å². The summed E-state index contributed by atoms with van der Waals surface area (Å²) in [6, 6.07) is 0.103. The zero-order valence-electron chi connectivity index (χ0n) is 11.3. The zero-order chi connectivity index (χ0) is 16.1. The molecule has 0 rings (SSSR count). The first-order chi connectivity index (χ1) is 8.97. The van der Waals surface area contributed by atoms with Gasteiger partial charge in [0.25, 0.3) is 0 Å². The SMILES string of the molecule is CC(C)N(CCC#N)C(=O)NC(C)(C(=O)O)C(F)(F)F. The molecule has 0 fully saturated rings. The van der Waals surface area contributed by atoms with Crippen LogP contribution < -0.4 is 5.32 Å². The Balaban J connectivity index is 5.19. The predicted molar refractivity (Wildman–Crippen MR) is 62.7 cm³/mol. The third-order valence-electron chi connectivity index (χ3n) is 2.70. The topological polar surface area (TPSA) is 93.4 Å². The van der Waals surface area contributed by atoms with Crippen LogP contribution in [0.5, 0.6) is 0 Å². The largest absolute Gasteiger partial charge is 0.479 e. The first kappa shape index (κ1) is 18.0. The van der Waals surface area contributed by atoms with Crippen molar-refractivity contribution in [2.24, 2.45) is 0 Å². The molecule has 0 spiro atoms. The van der Waals surface area contributed by atoms with Crippen molar-refractivity contribution in [3.8, 4) is 6.07 Å². The van der Waals surface area contributed by atoms with E-state index in [1.807, 2.05) is 0 Å². The molecule has 0 radical (unpaired) electrons. The Hall–Kier alpha value is -1.98. The smallest absolute Gasteiger partial charge is 0.422 e. The number of aliphatic carboxylic acids is 1. The lowest BCUT2D eigenvalue weighted by atomic mass is 10.0. The number of nitrogens with one attached hydrogen (secondary N) is 1. The number of hydrogen-bond acceptors (Lipinski definition) is 3. The van der Waals surface area contributed by atoms with Gasteiger partial charge in [0.15, 0.2) is 0 Å². The fourth-order valence-corrected chi connectivity index (χ4v) is 1.30. The fourth-order valence-electron chi connectivity index (χ4n) is 1.30. The molecule has 6 nitrogen and oxygen atoms in total.